The number of amidine groups is 1. The lowest BCUT2D eigenvalue weighted by Crippen LogP contribution is -2.30. The van der Waals surface area contributed by atoms with Gasteiger partial charge in [0.05, 0.1) is 22.7 Å². The lowest BCUT2D eigenvalue weighted by atomic mass is 10.1. The fourth-order valence-corrected chi connectivity index (χ4v) is 4.93. The molecular weight excluding hydrogens is 356 g/mol. The highest BCUT2D eigenvalue weighted by molar-refractivity contribution is 8.14. The first-order valence-electron chi connectivity index (χ1n) is 8.38. The van der Waals surface area contributed by atoms with Gasteiger partial charge in [-0.2, -0.15) is 5.10 Å². The minimum absolute atomic E-state index is 0.122. The van der Waals surface area contributed by atoms with Gasteiger partial charge >= 0.3 is 0 Å². The van der Waals surface area contributed by atoms with Crippen molar-refractivity contribution in [3.8, 4) is 0 Å². The molecule has 1 aromatic rings. The number of hydrazone groups is 1. The van der Waals surface area contributed by atoms with Gasteiger partial charge in [0.25, 0.3) is 0 Å². The van der Waals surface area contributed by atoms with Crippen LogP contribution >= 0.6 is 11.8 Å². The van der Waals surface area contributed by atoms with E-state index in [1.165, 1.54) is 4.31 Å². The number of anilines is 1. The standard InChI is InChI=1S/C17H24N4O2S2/c1-5-25(22,23)21-9-8-13-10-12(6-7-15(13)21)14-11-24-16(20-19-14)18-17(2,3)4/h6-7,10H,5,8-9,11H2,1-4H3,(H,18,20). The van der Waals surface area contributed by atoms with E-state index in [0.717, 1.165) is 39.9 Å². The summed E-state index contributed by atoms with van der Waals surface area (Å²) in [6, 6.07) is 5.92. The second kappa shape index (κ2) is 6.64. The smallest absolute Gasteiger partial charge is 0.234 e. The van der Waals surface area contributed by atoms with Crippen molar-refractivity contribution in [3.63, 3.8) is 0 Å². The number of hydrogen-bond donors (Lipinski definition) is 1. The molecule has 0 fully saturated rings. The Labute approximate surface area is 153 Å². The summed E-state index contributed by atoms with van der Waals surface area (Å²) in [5, 5.41) is 5.29. The summed E-state index contributed by atoms with van der Waals surface area (Å²) in [7, 11) is -3.20. The molecule has 25 heavy (non-hydrogen) atoms. The topological polar surface area (TPSA) is 74.1 Å². The van der Waals surface area contributed by atoms with E-state index >= 15 is 0 Å². The molecule has 2 aliphatic rings. The number of nitrogens with one attached hydrogen (secondary N) is 1. The summed E-state index contributed by atoms with van der Waals surface area (Å²) >= 11 is 1.64. The Bertz CT molecular complexity index is 839. The van der Waals surface area contributed by atoms with E-state index in [4.69, 9.17) is 0 Å². The van der Waals surface area contributed by atoms with Gasteiger partial charge in [0.2, 0.25) is 10.0 Å². The first-order valence-corrected chi connectivity index (χ1v) is 11.0. The van der Waals surface area contributed by atoms with E-state index in [1.54, 1.807) is 18.7 Å². The zero-order valence-corrected chi connectivity index (χ0v) is 16.7. The van der Waals surface area contributed by atoms with Crippen molar-refractivity contribution in [1.82, 2.24) is 5.43 Å². The second-order valence-corrected chi connectivity index (χ2v) is 10.3. The van der Waals surface area contributed by atoms with Gasteiger partial charge in [0, 0.05) is 12.3 Å². The lowest BCUT2D eigenvalue weighted by Gasteiger charge is -2.20. The van der Waals surface area contributed by atoms with Crippen LogP contribution in [0.4, 0.5) is 5.69 Å². The quantitative estimate of drug-likeness (QED) is 0.875. The molecule has 0 bridgehead atoms. The molecule has 0 saturated carbocycles. The Morgan fingerprint density at radius 1 is 1.36 bits per heavy atom. The fourth-order valence-electron chi connectivity index (χ4n) is 2.82. The number of hydrogen-bond acceptors (Lipinski definition) is 5. The van der Waals surface area contributed by atoms with Gasteiger partial charge in [-0.3, -0.25) is 14.7 Å². The fraction of sp³-hybridized carbons (Fsp3) is 0.529. The first kappa shape index (κ1) is 18.3. The zero-order chi connectivity index (χ0) is 18.2. The van der Waals surface area contributed by atoms with Crippen molar-refractivity contribution in [2.24, 2.45) is 10.1 Å². The number of nitrogens with zero attached hydrogens (tertiary/aromatic N) is 3. The summed E-state index contributed by atoms with van der Waals surface area (Å²) in [6.07, 6.45) is 0.743. The largest absolute Gasteiger partial charge is 0.270 e. The van der Waals surface area contributed by atoms with Crippen molar-refractivity contribution < 1.29 is 8.42 Å². The van der Waals surface area contributed by atoms with Crippen molar-refractivity contribution in [1.29, 1.82) is 0 Å². The molecule has 0 atom stereocenters. The van der Waals surface area contributed by atoms with Crippen LogP contribution in [0.25, 0.3) is 0 Å². The maximum Gasteiger partial charge on any atom is 0.234 e. The molecule has 136 valence electrons. The van der Waals surface area contributed by atoms with Gasteiger partial charge in [0.1, 0.15) is 0 Å². The summed E-state index contributed by atoms with van der Waals surface area (Å²) in [6.45, 7) is 8.36. The molecule has 1 N–H and O–H groups in total. The van der Waals surface area contributed by atoms with E-state index < -0.39 is 10.0 Å². The third-order valence-corrected chi connectivity index (χ3v) is 6.69. The summed E-state index contributed by atoms with van der Waals surface area (Å²) < 4.78 is 25.9. The van der Waals surface area contributed by atoms with Crippen molar-refractivity contribution in [3.05, 3.63) is 29.3 Å². The van der Waals surface area contributed by atoms with E-state index in [9.17, 15) is 8.42 Å². The van der Waals surface area contributed by atoms with E-state index in [-0.39, 0.29) is 11.3 Å². The predicted molar refractivity (Wildman–Crippen MR) is 106 cm³/mol. The molecule has 2 aliphatic heterocycles. The SMILES string of the molecule is CCS(=O)(=O)N1CCc2cc(C3=NNC(=NC(C)(C)C)SC3)ccc21. The Morgan fingerprint density at radius 3 is 2.72 bits per heavy atom. The predicted octanol–water partition coefficient (Wildman–Crippen LogP) is 2.59. The van der Waals surface area contributed by atoms with Crippen LogP contribution in [-0.4, -0.2) is 42.9 Å². The minimum Gasteiger partial charge on any atom is -0.270 e. The van der Waals surface area contributed by atoms with E-state index in [2.05, 4.69) is 42.4 Å². The van der Waals surface area contributed by atoms with Gasteiger partial charge < -0.3 is 0 Å². The first-order chi connectivity index (χ1) is 11.7. The molecule has 6 nitrogen and oxygen atoms in total. The van der Waals surface area contributed by atoms with Crippen molar-refractivity contribution in [2.45, 2.75) is 39.7 Å². The number of sulfonamides is 1. The van der Waals surface area contributed by atoms with Gasteiger partial charge in [-0.25, -0.2) is 8.42 Å². The van der Waals surface area contributed by atoms with Crippen molar-refractivity contribution in [2.75, 3.05) is 22.4 Å². The summed E-state index contributed by atoms with van der Waals surface area (Å²) in [5.41, 5.74) is 6.75. The molecule has 1 aromatic carbocycles. The summed E-state index contributed by atoms with van der Waals surface area (Å²) in [4.78, 5) is 4.59. The van der Waals surface area contributed by atoms with Crippen LogP contribution in [0.1, 0.15) is 38.8 Å². The molecule has 0 saturated heterocycles. The highest BCUT2D eigenvalue weighted by Crippen LogP contribution is 2.32. The number of aliphatic imine (C=N–C) groups is 1. The molecule has 0 spiro atoms. The molecule has 8 heteroatoms. The maximum atomic E-state index is 12.2. The number of benzene rings is 1. The number of rotatable bonds is 3. The molecule has 0 aliphatic carbocycles. The molecule has 0 amide bonds. The number of thioether (sulfide) groups is 1. The normalized spacial score (nSPS) is 19.6. The van der Waals surface area contributed by atoms with Gasteiger partial charge in [-0.05, 0) is 57.4 Å². The van der Waals surface area contributed by atoms with Crippen LogP contribution < -0.4 is 9.73 Å². The molecule has 2 heterocycles. The van der Waals surface area contributed by atoms with E-state index in [1.807, 2.05) is 12.1 Å². The van der Waals surface area contributed by atoms with Crippen molar-refractivity contribution >= 4 is 38.4 Å². The highest BCUT2D eigenvalue weighted by Gasteiger charge is 2.28. The molecule has 0 unspecified atom stereocenters. The lowest BCUT2D eigenvalue weighted by molar-refractivity contribution is 0.582. The van der Waals surface area contributed by atoms with Crippen LogP contribution in [-0.2, 0) is 16.4 Å². The highest BCUT2D eigenvalue weighted by atomic mass is 32.2. The third-order valence-electron chi connectivity index (χ3n) is 4.04. The van der Waals surface area contributed by atoms with Crippen LogP contribution in [0, 0.1) is 0 Å². The zero-order valence-electron chi connectivity index (χ0n) is 15.0. The van der Waals surface area contributed by atoms with E-state index in [0.29, 0.717) is 6.54 Å². The number of fused-ring (bicyclic) bond motifs is 1. The Hall–Kier alpha value is -1.54. The molecule has 0 aromatic heterocycles. The molecule has 3 rings (SSSR count). The monoisotopic (exact) mass is 380 g/mol. The summed E-state index contributed by atoms with van der Waals surface area (Å²) in [5.74, 6) is 0.870. The minimum atomic E-state index is -3.20. The average molecular weight is 381 g/mol. The van der Waals surface area contributed by atoms with Gasteiger partial charge in [0.15, 0.2) is 5.17 Å². The molecular formula is C17H24N4O2S2. The van der Waals surface area contributed by atoms with Gasteiger partial charge in [-0.1, -0.05) is 17.8 Å². The molecule has 0 radical (unpaired) electrons. The average Bonchev–Trinajstić information content (AvgIpc) is 2.98. The third kappa shape index (κ3) is 4.00. The van der Waals surface area contributed by atoms with Crippen LogP contribution in [0.2, 0.25) is 0 Å². The van der Waals surface area contributed by atoms with Crippen LogP contribution in [0.5, 0.6) is 0 Å². The van der Waals surface area contributed by atoms with Gasteiger partial charge in [-0.15, -0.1) is 0 Å². The second-order valence-electron chi connectivity index (χ2n) is 7.11. The Balaban J connectivity index is 1.82. The maximum absolute atomic E-state index is 12.2. The van der Waals surface area contributed by atoms with Crippen LogP contribution in [0.3, 0.4) is 0 Å². The Kier molecular flexibility index (Phi) is 4.85. The van der Waals surface area contributed by atoms with Crippen LogP contribution in [0.15, 0.2) is 28.3 Å². The Morgan fingerprint density at radius 2 is 2.12 bits per heavy atom.